The molecule has 0 unspecified atom stereocenters. The summed E-state index contributed by atoms with van der Waals surface area (Å²) in [5, 5.41) is 3.87. The van der Waals surface area contributed by atoms with Gasteiger partial charge in [0, 0.05) is 11.6 Å². The SMILES string of the molecule is CCCCCCCCCCCNC(=O)c1cc(Cl)ccc1Cl. The Bertz CT molecular complexity index is 449. The normalized spacial score (nSPS) is 10.7. The van der Waals surface area contributed by atoms with Crippen molar-refractivity contribution in [1.82, 2.24) is 5.32 Å². The highest BCUT2D eigenvalue weighted by Gasteiger charge is 2.10. The average Bonchev–Trinajstić information content (AvgIpc) is 2.51. The minimum Gasteiger partial charge on any atom is -0.352 e. The van der Waals surface area contributed by atoms with Gasteiger partial charge >= 0.3 is 0 Å². The molecule has 0 atom stereocenters. The summed E-state index contributed by atoms with van der Waals surface area (Å²) in [5.41, 5.74) is 0.449. The van der Waals surface area contributed by atoms with Gasteiger partial charge in [0.2, 0.25) is 0 Å². The van der Waals surface area contributed by atoms with Gasteiger partial charge in [-0.05, 0) is 24.6 Å². The molecular weight excluding hydrogens is 317 g/mol. The number of nitrogens with one attached hydrogen (secondary N) is 1. The van der Waals surface area contributed by atoms with E-state index in [1.807, 2.05) is 0 Å². The molecule has 22 heavy (non-hydrogen) atoms. The summed E-state index contributed by atoms with van der Waals surface area (Å²) in [6.07, 6.45) is 11.5. The Morgan fingerprint density at radius 2 is 1.55 bits per heavy atom. The van der Waals surface area contributed by atoms with Crippen molar-refractivity contribution >= 4 is 29.1 Å². The van der Waals surface area contributed by atoms with Gasteiger partial charge in [-0.2, -0.15) is 0 Å². The van der Waals surface area contributed by atoms with Crippen LogP contribution < -0.4 is 5.32 Å². The Kier molecular flexibility index (Phi) is 10.3. The summed E-state index contributed by atoms with van der Waals surface area (Å²) in [5.74, 6) is -0.146. The fraction of sp³-hybridized carbons (Fsp3) is 0.611. The second-order valence-corrected chi connectivity index (χ2v) is 6.55. The zero-order chi connectivity index (χ0) is 16.2. The van der Waals surface area contributed by atoms with E-state index in [0.717, 1.165) is 12.8 Å². The van der Waals surface area contributed by atoms with Gasteiger partial charge in [-0.25, -0.2) is 0 Å². The number of carbonyl (C=O) groups is 1. The summed E-state index contributed by atoms with van der Waals surface area (Å²) in [6.45, 7) is 2.93. The lowest BCUT2D eigenvalue weighted by Crippen LogP contribution is -2.24. The van der Waals surface area contributed by atoms with Gasteiger partial charge in [-0.15, -0.1) is 0 Å². The zero-order valence-electron chi connectivity index (χ0n) is 13.5. The van der Waals surface area contributed by atoms with Crippen LogP contribution >= 0.6 is 23.2 Å². The Morgan fingerprint density at radius 1 is 0.955 bits per heavy atom. The first-order valence-corrected chi connectivity index (χ1v) is 9.14. The number of unbranched alkanes of at least 4 members (excludes halogenated alkanes) is 8. The smallest absolute Gasteiger partial charge is 0.252 e. The summed E-state index contributed by atoms with van der Waals surface area (Å²) in [7, 11) is 0. The number of hydrogen-bond donors (Lipinski definition) is 1. The Balaban J connectivity index is 2.07. The maximum Gasteiger partial charge on any atom is 0.252 e. The summed E-state index contributed by atoms with van der Waals surface area (Å²) >= 11 is 11.9. The standard InChI is InChI=1S/C18H27Cl2NO/c1-2-3-4-5-6-7-8-9-10-13-21-18(22)16-14-15(19)11-12-17(16)20/h11-12,14H,2-10,13H2,1H3,(H,21,22). The molecule has 0 aliphatic heterocycles. The molecule has 0 aliphatic carbocycles. The second-order valence-electron chi connectivity index (χ2n) is 5.71. The van der Waals surface area contributed by atoms with Gasteiger partial charge in [-0.3, -0.25) is 4.79 Å². The molecule has 1 amide bonds. The van der Waals surface area contributed by atoms with E-state index in [1.165, 1.54) is 44.9 Å². The average molecular weight is 344 g/mol. The van der Waals surface area contributed by atoms with Gasteiger partial charge in [0.1, 0.15) is 0 Å². The topological polar surface area (TPSA) is 29.1 Å². The molecule has 0 radical (unpaired) electrons. The monoisotopic (exact) mass is 343 g/mol. The van der Waals surface area contributed by atoms with Crippen LogP contribution in [0.25, 0.3) is 0 Å². The molecule has 0 fully saturated rings. The molecular formula is C18H27Cl2NO. The predicted molar refractivity (Wildman–Crippen MR) is 96.0 cm³/mol. The van der Waals surface area contributed by atoms with E-state index in [0.29, 0.717) is 22.2 Å². The molecule has 0 saturated heterocycles. The number of halogens is 2. The Labute approximate surface area is 144 Å². The molecule has 1 rings (SSSR count). The van der Waals surface area contributed by atoms with Crippen molar-refractivity contribution in [2.24, 2.45) is 0 Å². The van der Waals surface area contributed by atoms with Gasteiger partial charge < -0.3 is 5.32 Å². The maximum atomic E-state index is 12.0. The lowest BCUT2D eigenvalue weighted by Gasteiger charge is -2.07. The van der Waals surface area contributed by atoms with Crippen molar-refractivity contribution in [2.45, 2.75) is 64.7 Å². The van der Waals surface area contributed by atoms with Crippen molar-refractivity contribution in [3.63, 3.8) is 0 Å². The minimum absolute atomic E-state index is 0.146. The highest BCUT2D eigenvalue weighted by atomic mass is 35.5. The van der Waals surface area contributed by atoms with E-state index >= 15 is 0 Å². The zero-order valence-corrected chi connectivity index (χ0v) is 15.0. The molecule has 1 aromatic carbocycles. The third kappa shape index (κ3) is 8.05. The van der Waals surface area contributed by atoms with Crippen LogP contribution in [0.5, 0.6) is 0 Å². The molecule has 1 N–H and O–H groups in total. The molecule has 0 aliphatic rings. The lowest BCUT2D eigenvalue weighted by molar-refractivity contribution is 0.0953. The number of hydrogen-bond acceptors (Lipinski definition) is 1. The first kappa shape index (κ1) is 19.3. The second kappa shape index (κ2) is 11.8. The molecule has 0 saturated carbocycles. The highest BCUT2D eigenvalue weighted by molar-refractivity contribution is 6.35. The van der Waals surface area contributed by atoms with Crippen molar-refractivity contribution in [1.29, 1.82) is 0 Å². The molecule has 124 valence electrons. The van der Waals surface area contributed by atoms with E-state index in [2.05, 4.69) is 12.2 Å². The van der Waals surface area contributed by atoms with E-state index in [4.69, 9.17) is 23.2 Å². The summed E-state index contributed by atoms with van der Waals surface area (Å²) in [6, 6.07) is 4.94. The van der Waals surface area contributed by atoms with Gasteiger partial charge in [-0.1, -0.05) is 81.5 Å². The Morgan fingerprint density at radius 3 is 2.18 bits per heavy atom. The summed E-state index contributed by atoms with van der Waals surface area (Å²) in [4.78, 5) is 12.0. The first-order valence-electron chi connectivity index (χ1n) is 8.38. The van der Waals surface area contributed by atoms with Crippen LogP contribution in [0.2, 0.25) is 10.0 Å². The van der Waals surface area contributed by atoms with Gasteiger partial charge in [0.25, 0.3) is 5.91 Å². The van der Waals surface area contributed by atoms with Crippen LogP contribution in [0.4, 0.5) is 0 Å². The minimum atomic E-state index is -0.146. The van der Waals surface area contributed by atoms with Crippen molar-refractivity contribution in [3.05, 3.63) is 33.8 Å². The van der Waals surface area contributed by atoms with Gasteiger partial charge in [0.15, 0.2) is 0 Å². The number of rotatable bonds is 11. The molecule has 2 nitrogen and oxygen atoms in total. The molecule has 0 spiro atoms. The molecule has 0 heterocycles. The predicted octanol–water partition coefficient (Wildman–Crippen LogP) is 6.25. The highest BCUT2D eigenvalue weighted by Crippen LogP contribution is 2.20. The van der Waals surface area contributed by atoms with Crippen LogP contribution in [0.15, 0.2) is 18.2 Å². The number of benzene rings is 1. The first-order chi connectivity index (χ1) is 10.6. The van der Waals surface area contributed by atoms with E-state index < -0.39 is 0 Å². The molecule has 4 heteroatoms. The van der Waals surface area contributed by atoms with Crippen LogP contribution in [0.3, 0.4) is 0 Å². The largest absolute Gasteiger partial charge is 0.352 e. The third-order valence-corrected chi connectivity index (χ3v) is 4.30. The molecule has 0 bridgehead atoms. The molecule has 1 aromatic rings. The van der Waals surface area contributed by atoms with Crippen LogP contribution in [0.1, 0.15) is 75.1 Å². The van der Waals surface area contributed by atoms with Crippen LogP contribution in [0, 0.1) is 0 Å². The van der Waals surface area contributed by atoms with Crippen LogP contribution in [-0.2, 0) is 0 Å². The molecule has 0 aromatic heterocycles. The lowest BCUT2D eigenvalue weighted by atomic mass is 10.1. The van der Waals surface area contributed by atoms with Crippen molar-refractivity contribution < 1.29 is 4.79 Å². The number of amides is 1. The summed E-state index contributed by atoms with van der Waals surface area (Å²) < 4.78 is 0. The van der Waals surface area contributed by atoms with E-state index in [1.54, 1.807) is 18.2 Å². The van der Waals surface area contributed by atoms with Crippen molar-refractivity contribution in [2.75, 3.05) is 6.54 Å². The van der Waals surface area contributed by atoms with Crippen molar-refractivity contribution in [3.8, 4) is 0 Å². The quantitative estimate of drug-likeness (QED) is 0.472. The van der Waals surface area contributed by atoms with E-state index in [9.17, 15) is 4.79 Å². The Hall–Kier alpha value is -0.730. The van der Waals surface area contributed by atoms with Crippen LogP contribution in [-0.4, -0.2) is 12.5 Å². The number of carbonyl (C=O) groups excluding carboxylic acids is 1. The fourth-order valence-electron chi connectivity index (χ4n) is 2.40. The van der Waals surface area contributed by atoms with E-state index in [-0.39, 0.29) is 5.91 Å². The fourth-order valence-corrected chi connectivity index (χ4v) is 2.78. The maximum absolute atomic E-state index is 12.0. The van der Waals surface area contributed by atoms with Gasteiger partial charge in [0.05, 0.1) is 10.6 Å². The third-order valence-electron chi connectivity index (χ3n) is 3.74.